The van der Waals surface area contributed by atoms with E-state index in [1.54, 1.807) is 0 Å². The molecular weight excluding hydrogens is 521 g/mol. The molecule has 2 amide bonds. The number of amides is 2. The Bertz CT molecular complexity index is 1460. The largest absolute Gasteiger partial charge is 0.369 e. The van der Waals surface area contributed by atoms with E-state index in [1.165, 1.54) is 24.3 Å². The van der Waals surface area contributed by atoms with Crippen LogP contribution >= 0.6 is 0 Å². The van der Waals surface area contributed by atoms with Gasteiger partial charge in [-0.3, -0.25) is 14.9 Å². The Morgan fingerprint density at radius 3 is 2.31 bits per heavy atom. The van der Waals surface area contributed by atoms with E-state index in [0.29, 0.717) is 30.1 Å². The van der Waals surface area contributed by atoms with Gasteiger partial charge in [0.1, 0.15) is 5.82 Å². The summed E-state index contributed by atoms with van der Waals surface area (Å²) in [6.07, 6.45) is 2.93. The van der Waals surface area contributed by atoms with E-state index >= 15 is 0 Å². The van der Waals surface area contributed by atoms with Gasteiger partial charge in [-0.25, -0.2) is 17.8 Å². The average molecular weight is 556 g/mol. The smallest absolute Gasteiger partial charge is 0.257 e. The minimum Gasteiger partial charge on any atom is -0.369 e. The maximum absolute atomic E-state index is 13.4. The third-order valence-corrected chi connectivity index (χ3v) is 9.19. The Morgan fingerprint density at radius 2 is 1.67 bits per heavy atom. The molecule has 2 fully saturated rings. The molecule has 2 aromatic carbocycles. The number of hydrogen-bond acceptors (Lipinski definition) is 6. The molecule has 1 aromatic heterocycles. The van der Waals surface area contributed by atoms with Crippen LogP contribution in [0.3, 0.4) is 0 Å². The van der Waals surface area contributed by atoms with Crippen molar-refractivity contribution in [3.63, 3.8) is 0 Å². The highest BCUT2D eigenvalue weighted by atomic mass is 32.2. The molecule has 0 atom stereocenters. The topological polar surface area (TPSA) is 113 Å². The molecule has 1 aliphatic carbocycles. The van der Waals surface area contributed by atoms with Gasteiger partial charge in [-0.1, -0.05) is 0 Å². The van der Waals surface area contributed by atoms with E-state index < -0.39 is 21.6 Å². The molecule has 2 aliphatic rings. The number of imidazole rings is 1. The molecule has 5 rings (SSSR count). The average Bonchev–Trinajstić information content (AvgIpc) is 3.25. The van der Waals surface area contributed by atoms with Crippen LogP contribution in [0.25, 0.3) is 11.0 Å². The predicted molar refractivity (Wildman–Crippen MR) is 149 cm³/mol. The first kappa shape index (κ1) is 27.1. The standard InChI is InChI=1S/C28H34FN5O4S/c1-18(2)30-26(35)20-5-9-22(10-6-20)34-25-17-23(33-13-15-39(37,38)16-14-33)11-12-24(25)31-28(34)32-27(36)19-3-7-21(29)8-4-19/h3-4,7-8,11-12,17-18,20,22H,5-6,9-10,13-16H2,1-2H3,(H,30,35)(H,31,32,36). The number of fused-ring (bicyclic) bond motifs is 1. The minimum absolute atomic E-state index is 0.0126. The lowest BCUT2D eigenvalue weighted by atomic mass is 9.85. The van der Waals surface area contributed by atoms with Crippen molar-refractivity contribution >= 4 is 44.3 Å². The van der Waals surface area contributed by atoms with E-state index in [1.807, 2.05) is 36.6 Å². The lowest BCUT2D eigenvalue weighted by Gasteiger charge is -2.31. The van der Waals surface area contributed by atoms with Gasteiger partial charge in [-0.2, -0.15) is 0 Å². The van der Waals surface area contributed by atoms with Gasteiger partial charge in [-0.05, 0) is 82.0 Å². The Labute approximate surface area is 227 Å². The van der Waals surface area contributed by atoms with Gasteiger partial charge < -0.3 is 14.8 Å². The second-order valence-corrected chi connectivity index (χ2v) is 13.1. The molecule has 1 saturated heterocycles. The van der Waals surface area contributed by atoms with Crippen LogP contribution in [0.4, 0.5) is 16.0 Å². The maximum atomic E-state index is 13.4. The van der Waals surface area contributed by atoms with Crippen molar-refractivity contribution in [1.82, 2.24) is 14.9 Å². The zero-order valence-corrected chi connectivity index (χ0v) is 23.0. The number of rotatable bonds is 6. The van der Waals surface area contributed by atoms with Crippen molar-refractivity contribution in [2.24, 2.45) is 5.92 Å². The fourth-order valence-electron chi connectivity index (χ4n) is 5.48. The summed E-state index contributed by atoms with van der Waals surface area (Å²) < 4.78 is 39.3. The number of aromatic nitrogens is 2. The van der Waals surface area contributed by atoms with Gasteiger partial charge >= 0.3 is 0 Å². The summed E-state index contributed by atoms with van der Waals surface area (Å²) in [5.41, 5.74) is 2.77. The molecule has 1 aliphatic heterocycles. The fourth-order valence-corrected chi connectivity index (χ4v) is 6.68. The van der Waals surface area contributed by atoms with Crippen molar-refractivity contribution in [3.8, 4) is 0 Å². The van der Waals surface area contributed by atoms with Crippen molar-refractivity contribution < 1.29 is 22.4 Å². The molecule has 208 valence electrons. The molecule has 0 radical (unpaired) electrons. The van der Waals surface area contributed by atoms with Crippen molar-refractivity contribution in [2.75, 3.05) is 34.8 Å². The van der Waals surface area contributed by atoms with Crippen LogP contribution in [0.1, 0.15) is 55.9 Å². The molecule has 2 heterocycles. The van der Waals surface area contributed by atoms with Crippen LogP contribution in [0.2, 0.25) is 0 Å². The molecule has 0 bridgehead atoms. The first-order valence-corrected chi connectivity index (χ1v) is 15.3. The van der Waals surface area contributed by atoms with Gasteiger partial charge in [-0.15, -0.1) is 0 Å². The molecule has 2 N–H and O–H groups in total. The number of hydrogen-bond donors (Lipinski definition) is 2. The minimum atomic E-state index is -3.01. The summed E-state index contributed by atoms with van der Waals surface area (Å²) in [5, 5.41) is 5.93. The maximum Gasteiger partial charge on any atom is 0.257 e. The molecule has 0 spiro atoms. The molecule has 39 heavy (non-hydrogen) atoms. The number of halogens is 1. The Balaban J connectivity index is 1.46. The lowest BCUT2D eigenvalue weighted by Crippen LogP contribution is -2.40. The molecule has 3 aromatic rings. The quantitative estimate of drug-likeness (QED) is 0.477. The van der Waals surface area contributed by atoms with Crippen LogP contribution in [0.15, 0.2) is 42.5 Å². The molecular formula is C28H34FN5O4S. The van der Waals surface area contributed by atoms with E-state index in [9.17, 15) is 22.4 Å². The van der Waals surface area contributed by atoms with Crippen LogP contribution in [-0.4, -0.2) is 60.4 Å². The normalized spacial score (nSPS) is 21.2. The van der Waals surface area contributed by atoms with Gasteiger partial charge in [0.2, 0.25) is 11.9 Å². The number of nitrogens with one attached hydrogen (secondary N) is 2. The lowest BCUT2D eigenvalue weighted by molar-refractivity contribution is -0.126. The van der Waals surface area contributed by atoms with Gasteiger partial charge in [0.05, 0.1) is 22.5 Å². The fraction of sp³-hybridized carbons (Fsp3) is 0.464. The summed E-state index contributed by atoms with van der Waals surface area (Å²) in [4.78, 5) is 32.5. The first-order chi connectivity index (χ1) is 18.6. The van der Waals surface area contributed by atoms with Gasteiger partial charge in [0.15, 0.2) is 9.84 Å². The van der Waals surface area contributed by atoms with Crippen molar-refractivity contribution in [2.45, 2.75) is 51.6 Å². The van der Waals surface area contributed by atoms with Crippen molar-refractivity contribution in [3.05, 3.63) is 53.8 Å². The zero-order valence-electron chi connectivity index (χ0n) is 22.2. The Morgan fingerprint density at radius 1 is 1.00 bits per heavy atom. The van der Waals surface area contributed by atoms with E-state index in [-0.39, 0.29) is 35.4 Å². The van der Waals surface area contributed by atoms with Crippen LogP contribution < -0.4 is 15.5 Å². The predicted octanol–water partition coefficient (Wildman–Crippen LogP) is 3.92. The van der Waals surface area contributed by atoms with Crippen LogP contribution in [0.5, 0.6) is 0 Å². The van der Waals surface area contributed by atoms with Gasteiger partial charge in [0.25, 0.3) is 5.91 Å². The number of anilines is 2. The molecule has 0 unspecified atom stereocenters. The number of nitrogens with zero attached hydrogens (tertiary/aromatic N) is 3. The Hall–Kier alpha value is -3.47. The van der Waals surface area contributed by atoms with E-state index in [4.69, 9.17) is 4.98 Å². The van der Waals surface area contributed by atoms with Crippen LogP contribution in [-0.2, 0) is 14.6 Å². The van der Waals surface area contributed by atoms with E-state index in [2.05, 4.69) is 15.5 Å². The summed E-state index contributed by atoms with van der Waals surface area (Å²) in [7, 11) is -3.01. The zero-order chi connectivity index (χ0) is 27.7. The number of carbonyl (C=O) groups is 2. The Kier molecular flexibility index (Phi) is 7.61. The number of sulfone groups is 1. The second-order valence-electron chi connectivity index (χ2n) is 10.7. The monoisotopic (exact) mass is 555 g/mol. The summed E-state index contributed by atoms with van der Waals surface area (Å²) in [6, 6.07) is 11.3. The highest BCUT2D eigenvalue weighted by Crippen LogP contribution is 2.38. The first-order valence-electron chi connectivity index (χ1n) is 13.4. The SMILES string of the molecule is CC(C)NC(=O)C1CCC(n2c(NC(=O)c3ccc(F)cc3)nc3ccc(N4CCS(=O)(=O)CC4)cc32)CC1. The molecule has 9 nitrogen and oxygen atoms in total. The van der Waals surface area contributed by atoms with Gasteiger partial charge in [0, 0.05) is 42.3 Å². The summed E-state index contributed by atoms with van der Waals surface area (Å²) >= 11 is 0. The number of carbonyl (C=O) groups excluding carboxylic acids is 2. The highest BCUT2D eigenvalue weighted by Gasteiger charge is 2.30. The van der Waals surface area contributed by atoms with E-state index in [0.717, 1.165) is 36.9 Å². The third-order valence-electron chi connectivity index (χ3n) is 7.58. The third kappa shape index (κ3) is 6.08. The number of benzene rings is 2. The van der Waals surface area contributed by atoms with Crippen molar-refractivity contribution in [1.29, 1.82) is 0 Å². The summed E-state index contributed by atoms with van der Waals surface area (Å²) in [5.74, 6) is -0.161. The highest BCUT2D eigenvalue weighted by molar-refractivity contribution is 7.91. The molecule has 11 heteroatoms. The summed E-state index contributed by atoms with van der Waals surface area (Å²) in [6.45, 7) is 4.75. The van der Waals surface area contributed by atoms with Crippen LogP contribution in [0, 0.1) is 11.7 Å². The second kappa shape index (κ2) is 11.0. The molecule has 1 saturated carbocycles.